The van der Waals surface area contributed by atoms with Gasteiger partial charge in [-0.1, -0.05) is 19.9 Å². The summed E-state index contributed by atoms with van der Waals surface area (Å²) in [6.45, 7) is 7.88. The first-order chi connectivity index (χ1) is 9.02. The molecule has 108 valence electrons. The first-order valence-electron chi connectivity index (χ1n) is 6.77. The van der Waals surface area contributed by atoms with Gasteiger partial charge in [-0.15, -0.1) is 0 Å². The van der Waals surface area contributed by atoms with E-state index in [9.17, 15) is 8.78 Å². The van der Waals surface area contributed by atoms with Gasteiger partial charge in [0, 0.05) is 24.8 Å². The minimum Gasteiger partial charge on any atom is -0.380 e. The average Bonchev–Trinajstić information content (AvgIpc) is 2.33. The molecule has 2 nitrogen and oxygen atoms in total. The minimum atomic E-state index is -0.513. The summed E-state index contributed by atoms with van der Waals surface area (Å²) < 4.78 is 32.5. The van der Waals surface area contributed by atoms with Crippen LogP contribution in [0, 0.1) is 17.6 Å². The van der Waals surface area contributed by atoms with Crippen LogP contribution in [0.15, 0.2) is 18.2 Å². The van der Waals surface area contributed by atoms with Crippen molar-refractivity contribution in [1.82, 2.24) is 5.32 Å². The Morgan fingerprint density at radius 3 is 2.32 bits per heavy atom. The Kier molecular flexibility index (Phi) is 6.95. The zero-order valence-corrected chi connectivity index (χ0v) is 11.9. The van der Waals surface area contributed by atoms with Crippen molar-refractivity contribution in [3.63, 3.8) is 0 Å². The van der Waals surface area contributed by atoms with Crippen LogP contribution in [-0.4, -0.2) is 19.8 Å². The first-order valence-corrected chi connectivity index (χ1v) is 6.77. The van der Waals surface area contributed by atoms with Crippen molar-refractivity contribution in [2.75, 3.05) is 19.8 Å². The molecule has 0 aliphatic carbocycles. The van der Waals surface area contributed by atoms with E-state index in [-0.39, 0.29) is 11.6 Å². The number of hydrogen-bond donors (Lipinski definition) is 1. The highest BCUT2D eigenvalue weighted by Gasteiger charge is 2.14. The molecule has 0 spiro atoms. The van der Waals surface area contributed by atoms with E-state index >= 15 is 0 Å². The fourth-order valence-corrected chi connectivity index (χ4v) is 1.80. The van der Waals surface area contributed by atoms with E-state index in [4.69, 9.17) is 4.74 Å². The summed E-state index contributed by atoms with van der Waals surface area (Å²) in [5.41, 5.74) is 0.0877. The Bertz CT molecular complexity index is 362. The lowest BCUT2D eigenvalue weighted by atomic mass is 10.1. The zero-order valence-electron chi connectivity index (χ0n) is 11.9. The van der Waals surface area contributed by atoms with Crippen LogP contribution in [0.4, 0.5) is 8.78 Å². The van der Waals surface area contributed by atoms with Crippen molar-refractivity contribution in [2.45, 2.75) is 33.2 Å². The molecule has 0 aromatic heterocycles. The minimum absolute atomic E-state index is 0.0877. The van der Waals surface area contributed by atoms with Crippen molar-refractivity contribution < 1.29 is 13.5 Å². The van der Waals surface area contributed by atoms with Crippen molar-refractivity contribution in [3.8, 4) is 0 Å². The number of benzene rings is 1. The van der Waals surface area contributed by atoms with Crippen LogP contribution >= 0.6 is 0 Å². The topological polar surface area (TPSA) is 21.3 Å². The smallest absolute Gasteiger partial charge is 0.130 e. The molecule has 1 rings (SSSR count). The third kappa shape index (κ3) is 5.66. The maximum absolute atomic E-state index is 13.5. The second-order valence-corrected chi connectivity index (χ2v) is 5.11. The third-order valence-electron chi connectivity index (χ3n) is 2.97. The Morgan fingerprint density at radius 1 is 1.11 bits per heavy atom. The number of hydrogen-bond acceptors (Lipinski definition) is 2. The fraction of sp³-hybridized carbons (Fsp3) is 0.600. The average molecular weight is 271 g/mol. The van der Waals surface area contributed by atoms with Gasteiger partial charge < -0.3 is 10.1 Å². The van der Waals surface area contributed by atoms with Gasteiger partial charge >= 0.3 is 0 Å². The monoisotopic (exact) mass is 271 g/mol. The van der Waals surface area contributed by atoms with Gasteiger partial charge in [0.1, 0.15) is 11.6 Å². The molecule has 0 aliphatic heterocycles. The van der Waals surface area contributed by atoms with E-state index in [2.05, 4.69) is 19.2 Å². The summed E-state index contributed by atoms with van der Waals surface area (Å²) >= 11 is 0. The van der Waals surface area contributed by atoms with Crippen LogP contribution < -0.4 is 5.32 Å². The SMILES string of the molecule is CC(C)CCOCCNC(C)c1c(F)cccc1F. The van der Waals surface area contributed by atoms with Crippen LogP contribution in [0.1, 0.15) is 38.8 Å². The summed E-state index contributed by atoms with van der Waals surface area (Å²) in [4.78, 5) is 0. The summed E-state index contributed by atoms with van der Waals surface area (Å²) in [6, 6.07) is 3.55. The fourth-order valence-electron chi connectivity index (χ4n) is 1.80. The molecule has 0 amide bonds. The number of halogens is 2. The second kappa shape index (κ2) is 8.23. The molecule has 4 heteroatoms. The molecule has 19 heavy (non-hydrogen) atoms. The Morgan fingerprint density at radius 2 is 1.74 bits per heavy atom. The van der Waals surface area contributed by atoms with Crippen molar-refractivity contribution in [3.05, 3.63) is 35.4 Å². The molecule has 1 unspecified atom stereocenters. The Balaban J connectivity index is 2.30. The highest BCUT2D eigenvalue weighted by Crippen LogP contribution is 2.19. The van der Waals surface area contributed by atoms with Crippen molar-refractivity contribution in [1.29, 1.82) is 0 Å². The summed E-state index contributed by atoms with van der Waals surface area (Å²) in [6.07, 6.45) is 1.03. The van der Waals surface area contributed by atoms with E-state index in [0.29, 0.717) is 19.1 Å². The van der Waals surface area contributed by atoms with Crippen molar-refractivity contribution >= 4 is 0 Å². The maximum Gasteiger partial charge on any atom is 0.130 e. The molecular formula is C15H23F2NO. The molecule has 1 aromatic carbocycles. The summed E-state index contributed by atoms with van der Waals surface area (Å²) in [7, 11) is 0. The maximum atomic E-state index is 13.5. The van der Waals surface area contributed by atoms with Gasteiger partial charge in [-0.05, 0) is 31.4 Å². The standard InChI is InChI=1S/C15H23F2NO/c1-11(2)7-9-19-10-8-18-12(3)15-13(16)5-4-6-14(15)17/h4-6,11-12,18H,7-10H2,1-3H3. The quantitative estimate of drug-likeness (QED) is 0.728. The van der Waals surface area contributed by atoms with Gasteiger partial charge in [-0.2, -0.15) is 0 Å². The third-order valence-corrected chi connectivity index (χ3v) is 2.97. The van der Waals surface area contributed by atoms with E-state index in [0.717, 1.165) is 13.0 Å². The summed E-state index contributed by atoms with van der Waals surface area (Å²) in [5.74, 6) is -0.402. The van der Waals surface area contributed by atoms with Gasteiger partial charge in [-0.3, -0.25) is 0 Å². The van der Waals surface area contributed by atoms with Gasteiger partial charge in [-0.25, -0.2) is 8.78 Å². The largest absolute Gasteiger partial charge is 0.380 e. The zero-order chi connectivity index (χ0) is 14.3. The second-order valence-electron chi connectivity index (χ2n) is 5.11. The van der Waals surface area contributed by atoms with E-state index in [1.54, 1.807) is 6.92 Å². The highest BCUT2D eigenvalue weighted by atomic mass is 19.1. The Hall–Kier alpha value is -1.00. The molecule has 0 saturated heterocycles. The summed E-state index contributed by atoms with van der Waals surface area (Å²) in [5, 5.41) is 3.06. The van der Waals surface area contributed by atoms with Crippen LogP contribution in [0.2, 0.25) is 0 Å². The van der Waals surface area contributed by atoms with E-state index in [1.807, 2.05) is 0 Å². The normalized spacial score (nSPS) is 12.9. The molecular weight excluding hydrogens is 248 g/mol. The van der Waals surface area contributed by atoms with Gasteiger partial charge in [0.15, 0.2) is 0 Å². The van der Waals surface area contributed by atoms with Crippen LogP contribution in [0.25, 0.3) is 0 Å². The number of nitrogens with one attached hydrogen (secondary N) is 1. The highest BCUT2D eigenvalue weighted by molar-refractivity contribution is 5.22. The molecule has 0 aliphatic rings. The van der Waals surface area contributed by atoms with Gasteiger partial charge in [0.05, 0.1) is 6.61 Å². The molecule has 0 radical (unpaired) electrons. The molecule has 1 atom stereocenters. The molecule has 0 bridgehead atoms. The predicted octanol–water partition coefficient (Wildman–Crippen LogP) is 3.68. The Labute approximate surface area is 114 Å². The number of rotatable bonds is 8. The molecule has 0 saturated carbocycles. The van der Waals surface area contributed by atoms with E-state index < -0.39 is 11.6 Å². The number of ether oxygens (including phenoxy) is 1. The van der Waals surface area contributed by atoms with Crippen LogP contribution in [-0.2, 0) is 4.74 Å². The molecule has 1 N–H and O–H groups in total. The molecule has 1 aromatic rings. The lowest BCUT2D eigenvalue weighted by Crippen LogP contribution is -2.25. The predicted molar refractivity (Wildman–Crippen MR) is 73.0 cm³/mol. The van der Waals surface area contributed by atoms with Crippen LogP contribution in [0.5, 0.6) is 0 Å². The van der Waals surface area contributed by atoms with E-state index in [1.165, 1.54) is 18.2 Å². The first kappa shape index (κ1) is 16.1. The molecule has 0 heterocycles. The van der Waals surface area contributed by atoms with Gasteiger partial charge in [0.2, 0.25) is 0 Å². The van der Waals surface area contributed by atoms with Crippen molar-refractivity contribution in [2.24, 2.45) is 5.92 Å². The molecule has 0 fully saturated rings. The lowest BCUT2D eigenvalue weighted by molar-refractivity contribution is 0.123. The van der Waals surface area contributed by atoms with Gasteiger partial charge in [0.25, 0.3) is 0 Å². The van der Waals surface area contributed by atoms with Crippen LogP contribution in [0.3, 0.4) is 0 Å². The lowest BCUT2D eigenvalue weighted by Gasteiger charge is -2.16.